The minimum Gasteiger partial charge on any atom is -0.456 e. The molecule has 0 amide bonds. The quantitative estimate of drug-likeness (QED) is 0.102. The van der Waals surface area contributed by atoms with E-state index in [9.17, 15) is 0 Å². The van der Waals surface area contributed by atoms with Crippen LogP contribution in [0.25, 0.3) is 49.4 Å². The van der Waals surface area contributed by atoms with E-state index >= 15 is 0 Å². The predicted molar refractivity (Wildman–Crippen MR) is 250 cm³/mol. The number of rotatable bonds is 10. The van der Waals surface area contributed by atoms with E-state index in [1.165, 1.54) is 0 Å². The lowest BCUT2D eigenvalue weighted by Crippen LogP contribution is -2.17. The lowest BCUT2D eigenvalue weighted by atomic mass is 9.90. The van der Waals surface area contributed by atoms with Gasteiger partial charge in [0.2, 0.25) is 0 Å². The smallest absolute Gasteiger partial charge is 0.137 e. The van der Waals surface area contributed by atoms with Gasteiger partial charge >= 0.3 is 0 Å². The summed E-state index contributed by atoms with van der Waals surface area (Å²) in [7, 11) is 0. The summed E-state index contributed by atoms with van der Waals surface area (Å²) in [4.78, 5) is 13.6. The number of para-hydroxylation sites is 1. The van der Waals surface area contributed by atoms with Crippen LogP contribution in [0, 0.1) is 0 Å². The molecular weight excluding hydrogens is 733 g/mol. The summed E-state index contributed by atoms with van der Waals surface area (Å²) < 4.78 is 6.90. The van der Waals surface area contributed by atoms with Crippen molar-refractivity contribution in [2.24, 2.45) is 0 Å². The molecule has 286 valence electrons. The van der Waals surface area contributed by atoms with Gasteiger partial charge in [-0.05, 0) is 118 Å². The molecule has 0 aliphatic carbocycles. The Hall–Kier alpha value is -8.02. The van der Waals surface area contributed by atoms with Crippen molar-refractivity contribution in [1.29, 1.82) is 0 Å². The number of allylic oxidation sites excluding steroid dienone is 4. The third-order valence-electron chi connectivity index (χ3n) is 11.1. The minimum absolute atomic E-state index is 0.801. The molecule has 0 saturated carbocycles. The maximum atomic E-state index is 6.90. The number of hydrogen-bond donors (Lipinski definition) is 0. The maximum absolute atomic E-state index is 6.90. The molecule has 0 bridgehead atoms. The Morgan fingerprint density at radius 3 is 2.07 bits per heavy atom. The van der Waals surface area contributed by atoms with E-state index in [-0.39, 0.29) is 0 Å². The molecule has 0 fully saturated rings. The van der Waals surface area contributed by atoms with Crippen LogP contribution in [0.4, 0.5) is 28.4 Å². The summed E-state index contributed by atoms with van der Waals surface area (Å²) in [6.45, 7) is 6.63. The van der Waals surface area contributed by atoms with Crippen molar-refractivity contribution in [3.05, 3.63) is 231 Å². The number of anilines is 5. The van der Waals surface area contributed by atoms with Gasteiger partial charge in [0.05, 0.1) is 35.2 Å². The number of hydrogen-bond acceptors (Lipinski definition) is 5. The van der Waals surface area contributed by atoms with Gasteiger partial charge in [-0.3, -0.25) is 9.97 Å². The maximum Gasteiger partial charge on any atom is 0.137 e. The highest BCUT2D eigenvalue weighted by Gasteiger charge is 2.26. The molecule has 0 N–H and O–H groups in total. The van der Waals surface area contributed by atoms with E-state index in [0.29, 0.717) is 0 Å². The largest absolute Gasteiger partial charge is 0.456 e. The Morgan fingerprint density at radius 2 is 1.30 bits per heavy atom. The highest BCUT2D eigenvalue weighted by atomic mass is 16.5. The van der Waals surface area contributed by atoms with Crippen molar-refractivity contribution in [2.45, 2.75) is 6.92 Å². The van der Waals surface area contributed by atoms with Crippen molar-refractivity contribution < 1.29 is 4.74 Å². The second kappa shape index (κ2) is 15.7. The van der Waals surface area contributed by atoms with E-state index in [1.54, 1.807) is 6.20 Å². The van der Waals surface area contributed by atoms with Crippen molar-refractivity contribution in [1.82, 2.24) is 9.97 Å². The first-order valence-electron chi connectivity index (χ1n) is 20.1. The van der Waals surface area contributed by atoms with E-state index in [0.717, 1.165) is 101 Å². The van der Waals surface area contributed by atoms with Gasteiger partial charge in [0.25, 0.3) is 0 Å². The van der Waals surface area contributed by atoms with Crippen molar-refractivity contribution in [3.63, 3.8) is 0 Å². The zero-order valence-corrected chi connectivity index (χ0v) is 33.1. The lowest BCUT2D eigenvalue weighted by molar-refractivity contribution is 0.487. The van der Waals surface area contributed by atoms with Crippen LogP contribution in [-0.4, -0.2) is 9.97 Å². The van der Waals surface area contributed by atoms with Crippen molar-refractivity contribution in [3.8, 4) is 33.8 Å². The van der Waals surface area contributed by atoms with E-state index in [1.807, 2.05) is 68.0 Å². The fourth-order valence-corrected chi connectivity index (χ4v) is 8.32. The van der Waals surface area contributed by atoms with Crippen LogP contribution in [0.3, 0.4) is 0 Å². The van der Waals surface area contributed by atoms with Crippen LogP contribution in [0.15, 0.2) is 225 Å². The fourth-order valence-electron chi connectivity index (χ4n) is 8.32. The topological polar surface area (TPSA) is 41.5 Å². The van der Waals surface area contributed by atoms with E-state index in [2.05, 4.69) is 172 Å². The number of fused-ring (bicyclic) bond motifs is 4. The highest BCUT2D eigenvalue weighted by molar-refractivity contribution is 6.18. The molecule has 3 heterocycles. The molecule has 1 aliphatic heterocycles. The molecule has 0 spiro atoms. The van der Waals surface area contributed by atoms with Gasteiger partial charge in [0.15, 0.2) is 0 Å². The van der Waals surface area contributed by atoms with E-state index < -0.39 is 0 Å². The van der Waals surface area contributed by atoms with Crippen LogP contribution < -0.4 is 14.5 Å². The zero-order valence-electron chi connectivity index (χ0n) is 33.1. The summed E-state index contributed by atoms with van der Waals surface area (Å²) in [5.74, 6) is 1.63. The first kappa shape index (κ1) is 36.3. The summed E-state index contributed by atoms with van der Waals surface area (Å²) in [5.41, 5.74) is 12.3. The Kier molecular flexibility index (Phi) is 9.52. The van der Waals surface area contributed by atoms with Gasteiger partial charge in [-0.2, -0.15) is 0 Å². The lowest BCUT2D eigenvalue weighted by Gasteiger charge is -2.30. The summed E-state index contributed by atoms with van der Waals surface area (Å²) in [6.07, 6.45) is 13.6. The molecule has 0 radical (unpaired) electrons. The zero-order chi connectivity index (χ0) is 40.4. The van der Waals surface area contributed by atoms with Crippen molar-refractivity contribution >= 4 is 55.6 Å². The fraction of sp³-hybridized carbons (Fsp3) is 0.0182. The number of benzene rings is 7. The van der Waals surface area contributed by atoms with Crippen molar-refractivity contribution in [2.75, 3.05) is 9.80 Å². The van der Waals surface area contributed by atoms with Gasteiger partial charge in [0, 0.05) is 46.3 Å². The number of nitrogens with zero attached hydrogens (tertiary/aromatic N) is 4. The Labute approximate surface area is 350 Å². The van der Waals surface area contributed by atoms with Gasteiger partial charge in [-0.1, -0.05) is 116 Å². The molecule has 7 aromatic carbocycles. The standard InChI is InChI=1S/C55H40N4O/c1-3-4-24-51(38(2)39-16-7-5-8-17-39)58(44-20-14-31-56-36-44)42-28-27-41-33-50-47-30-29-43(35-54(47)60-53-26-13-23-48(55(50)53)49(41)34-42)59(45-21-15-32-57-37-45)52-25-12-11-22-46(52)40-18-9-6-10-19-40/h3-37H,2H2,1H3/b4-3-,51-24+. The molecule has 9 aromatic rings. The molecule has 0 atom stereocenters. The summed E-state index contributed by atoms with van der Waals surface area (Å²) in [6, 6.07) is 59.4. The van der Waals surface area contributed by atoms with Crippen LogP contribution >= 0.6 is 0 Å². The van der Waals surface area contributed by atoms with Gasteiger partial charge < -0.3 is 14.5 Å². The molecular formula is C55H40N4O. The molecule has 2 aromatic heterocycles. The van der Waals surface area contributed by atoms with Gasteiger partial charge in [0.1, 0.15) is 11.5 Å². The molecule has 60 heavy (non-hydrogen) atoms. The monoisotopic (exact) mass is 772 g/mol. The third-order valence-corrected chi connectivity index (χ3v) is 11.1. The number of aromatic nitrogens is 2. The van der Waals surface area contributed by atoms with Gasteiger partial charge in [-0.15, -0.1) is 0 Å². The average Bonchev–Trinajstić information content (AvgIpc) is 3.31. The predicted octanol–water partition coefficient (Wildman–Crippen LogP) is 15.0. The van der Waals surface area contributed by atoms with Crippen LogP contribution in [0.1, 0.15) is 12.5 Å². The van der Waals surface area contributed by atoms with Crippen LogP contribution in [-0.2, 0) is 0 Å². The SMILES string of the molecule is C=C(/C(=C\C=C/C)N(c1cccnc1)c1ccc2cc3c4c(cccc4c2c1)Oc1cc(N(c2cccnc2)c2ccccc2-c2ccccc2)ccc1-3)c1ccccc1. The average molecular weight is 773 g/mol. The first-order valence-corrected chi connectivity index (χ1v) is 20.1. The molecule has 1 aliphatic rings. The third kappa shape index (κ3) is 6.58. The van der Waals surface area contributed by atoms with Gasteiger partial charge in [-0.25, -0.2) is 0 Å². The molecule has 10 rings (SSSR count). The first-order chi connectivity index (χ1) is 29.7. The Morgan fingerprint density at radius 1 is 0.567 bits per heavy atom. The molecule has 5 nitrogen and oxygen atoms in total. The summed E-state index contributed by atoms with van der Waals surface area (Å²) >= 11 is 0. The second-order valence-corrected chi connectivity index (χ2v) is 14.7. The van der Waals surface area contributed by atoms with Crippen LogP contribution in [0.5, 0.6) is 11.5 Å². The molecule has 0 saturated heterocycles. The molecule has 5 heteroatoms. The normalized spacial score (nSPS) is 12.0. The van der Waals surface area contributed by atoms with E-state index in [4.69, 9.17) is 4.74 Å². The summed E-state index contributed by atoms with van der Waals surface area (Å²) in [5, 5.41) is 4.47. The molecule has 0 unspecified atom stereocenters. The second-order valence-electron chi connectivity index (χ2n) is 14.7. The highest BCUT2D eigenvalue weighted by Crippen LogP contribution is 2.51. The van der Waals surface area contributed by atoms with Crippen LogP contribution in [0.2, 0.25) is 0 Å². The Bertz CT molecular complexity index is 3090. The number of ether oxygens (including phenoxy) is 1. The minimum atomic E-state index is 0.801. The number of pyridine rings is 2. The Balaban J connectivity index is 1.11.